The van der Waals surface area contributed by atoms with Gasteiger partial charge in [-0.05, 0) is 42.0 Å². The zero-order valence-corrected chi connectivity index (χ0v) is 9.43. The Labute approximate surface area is 86.6 Å². The van der Waals surface area contributed by atoms with Crippen molar-refractivity contribution < 1.29 is 9.15 Å². The van der Waals surface area contributed by atoms with Crippen LogP contribution in [0.4, 0.5) is 0 Å². The molecule has 0 aliphatic carbocycles. The lowest BCUT2D eigenvalue weighted by atomic mass is 10.4. The van der Waals surface area contributed by atoms with Gasteiger partial charge in [-0.25, -0.2) is 0 Å². The van der Waals surface area contributed by atoms with Crippen molar-refractivity contribution in [3.8, 4) is 0 Å². The monoisotopic (exact) mass is 247 g/mol. The van der Waals surface area contributed by atoms with E-state index in [4.69, 9.17) is 9.15 Å². The van der Waals surface area contributed by atoms with Crippen LogP contribution in [0.15, 0.2) is 21.2 Å². The lowest BCUT2D eigenvalue weighted by Gasteiger charge is -2.10. The Kier molecular flexibility index (Phi) is 4.48. The summed E-state index contributed by atoms with van der Waals surface area (Å²) in [4.78, 5) is 0. The molecule has 4 heteroatoms. The number of halogens is 1. The molecule has 3 nitrogen and oxygen atoms in total. The molecule has 0 radical (unpaired) electrons. The first-order valence-electron chi connectivity index (χ1n) is 4.22. The molecule has 0 amide bonds. The van der Waals surface area contributed by atoms with Crippen LogP contribution in [0.2, 0.25) is 0 Å². The number of hydrogen-bond donors (Lipinski definition) is 1. The zero-order valence-electron chi connectivity index (χ0n) is 7.84. The van der Waals surface area contributed by atoms with Gasteiger partial charge in [-0.1, -0.05) is 0 Å². The maximum atomic E-state index is 5.50. The molecule has 1 aromatic rings. The number of nitrogens with one attached hydrogen (secondary N) is 1. The minimum Gasteiger partial charge on any atom is -0.452 e. The highest BCUT2D eigenvalue weighted by molar-refractivity contribution is 9.10. The van der Waals surface area contributed by atoms with E-state index < -0.39 is 0 Å². The molecule has 1 atom stereocenters. The molecule has 13 heavy (non-hydrogen) atoms. The molecular weight excluding hydrogens is 234 g/mol. The Morgan fingerprint density at radius 3 is 2.92 bits per heavy atom. The van der Waals surface area contributed by atoms with Gasteiger partial charge in [0.2, 0.25) is 0 Å². The minimum absolute atomic E-state index is 0.203. The van der Waals surface area contributed by atoms with Crippen molar-refractivity contribution in [2.45, 2.75) is 19.6 Å². The third-order valence-electron chi connectivity index (χ3n) is 1.63. The molecule has 1 unspecified atom stereocenters. The Morgan fingerprint density at radius 1 is 1.62 bits per heavy atom. The van der Waals surface area contributed by atoms with E-state index in [1.165, 1.54) is 0 Å². The number of rotatable bonds is 5. The third kappa shape index (κ3) is 3.93. The Balaban J connectivity index is 2.26. The molecule has 0 saturated heterocycles. The normalized spacial score (nSPS) is 13.2. The van der Waals surface area contributed by atoms with Gasteiger partial charge in [0.05, 0.1) is 6.10 Å². The average molecular weight is 248 g/mol. The highest BCUT2D eigenvalue weighted by Crippen LogP contribution is 2.14. The second-order valence-electron chi connectivity index (χ2n) is 2.89. The van der Waals surface area contributed by atoms with Crippen LogP contribution in [0.25, 0.3) is 0 Å². The van der Waals surface area contributed by atoms with Crippen LogP contribution in [-0.2, 0) is 11.3 Å². The topological polar surface area (TPSA) is 34.4 Å². The van der Waals surface area contributed by atoms with E-state index in [-0.39, 0.29) is 6.10 Å². The molecule has 0 aromatic carbocycles. The summed E-state index contributed by atoms with van der Waals surface area (Å²) in [6.45, 7) is 3.39. The average Bonchev–Trinajstić information content (AvgIpc) is 2.49. The molecule has 0 spiro atoms. The van der Waals surface area contributed by atoms with E-state index in [2.05, 4.69) is 21.2 Å². The first-order valence-corrected chi connectivity index (χ1v) is 5.02. The largest absolute Gasteiger partial charge is 0.452 e. The summed E-state index contributed by atoms with van der Waals surface area (Å²) in [6.07, 6.45) is 0.203. The first-order chi connectivity index (χ1) is 6.22. The Hall–Kier alpha value is -0.320. The van der Waals surface area contributed by atoms with Gasteiger partial charge in [0.25, 0.3) is 0 Å². The fourth-order valence-corrected chi connectivity index (χ4v) is 1.34. The van der Waals surface area contributed by atoms with Gasteiger partial charge in [0.15, 0.2) is 4.67 Å². The van der Waals surface area contributed by atoms with E-state index in [0.29, 0.717) is 6.61 Å². The minimum atomic E-state index is 0.203. The van der Waals surface area contributed by atoms with Crippen molar-refractivity contribution in [2.24, 2.45) is 0 Å². The van der Waals surface area contributed by atoms with Crippen molar-refractivity contribution in [2.75, 3.05) is 13.6 Å². The van der Waals surface area contributed by atoms with Crippen molar-refractivity contribution in [1.29, 1.82) is 0 Å². The molecule has 0 fully saturated rings. The number of ether oxygens (including phenoxy) is 1. The van der Waals surface area contributed by atoms with Crippen LogP contribution in [0.1, 0.15) is 12.7 Å². The van der Waals surface area contributed by atoms with Crippen LogP contribution in [0, 0.1) is 0 Å². The van der Waals surface area contributed by atoms with Crippen molar-refractivity contribution in [3.63, 3.8) is 0 Å². The molecule has 0 bridgehead atoms. The van der Waals surface area contributed by atoms with Crippen LogP contribution in [0.5, 0.6) is 0 Å². The van der Waals surface area contributed by atoms with Gasteiger partial charge in [0, 0.05) is 6.54 Å². The zero-order chi connectivity index (χ0) is 9.68. The quantitative estimate of drug-likeness (QED) is 0.867. The molecule has 74 valence electrons. The van der Waals surface area contributed by atoms with E-state index in [0.717, 1.165) is 17.0 Å². The third-order valence-corrected chi connectivity index (χ3v) is 2.06. The maximum absolute atomic E-state index is 5.50. The maximum Gasteiger partial charge on any atom is 0.169 e. The Morgan fingerprint density at radius 2 is 2.38 bits per heavy atom. The Bertz CT molecular complexity index is 250. The fourth-order valence-electron chi connectivity index (χ4n) is 1.00. The van der Waals surface area contributed by atoms with E-state index in [9.17, 15) is 0 Å². The molecule has 1 N–H and O–H groups in total. The van der Waals surface area contributed by atoms with Crippen molar-refractivity contribution >= 4 is 15.9 Å². The highest BCUT2D eigenvalue weighted by Gasteiger charge is 2.03. The summed E-state index contributed by atoms with van der Waals surface area (Å²) in [5.74, 6) is 0.842. The summed E-state index contributed by atoms with van der Waals surface area (Å²) in [7, 11) is 1.91. The predicted molar refractivity (Wildman–Crippen MR) is 54.6 cm³/mol. The lowest BCUT2D eigenvalue weighted by Crippen LogP contribution is -2.23. The summed E-state index contributed by atoms with van der Waals surface area (Å²) < 4.78 is 11.5. The fraction of sp³-hybridized carbons (Fsp3) is 0.556. The van der Waals surface area contributed by atoms with Gasteiger partial charge in [0.1, 0.15) is 12.4 Å². The SMILES string of the molecule is CNCC(C)OCc1ccc(Br)o1. The lowest BCUT2D eigenvalue weighted by molar-refractivity contribution is 0.0437. The first kappa shape index (κ1) is 10.8. The molecule has 0 aliphatic heterocycles. The predicted octanol–water partition coefficient (Wildman–Crippen LogP) is 2.17. The summed E-state index contributed by atoms with van der Waals surface area (Å²) in [5, 5.41) is 3.04. The second kappa shape index (κ2) is 5.42. The molecule has 0 aliphatic rings. The molecule has 0 saturated carbocycles. The van der Waals surface area contributed by atoms with Gasteiger partial charge < -0.3 is 14.5 Å². The molecule has 1 rings (SSSR count). The van der Waals surface area contributed by atoms with Crippen molar-refractivity contribution in [3.05, 3.63) is 22.6 Å². The standard InChI is InChI=1S/C9H14BrNO2/c1-7(5-11-2)12-6-8-3-4-9(10)13-8/h3-4,7,11H,5-6H2,1-2H3. The van der Waals surface area contributed by atoms with Crippen LogP contribution in [0.3, 0.4) is 0 Å². The molecule has 1 heterocycles. The van der Waals surface area contributed by atoms with Gasteiger partial charge >= 0.3 is 0 Å². The summed E-state index contributed by atoms with van der Waals surface area (Å²) in [5.41, 5.74) is 0. The number of hydrogen-bond acceptors (Lipinski definition) is 3. The van der Waals surface area contributed by atoms with Gasteiger partial charge in [-0.15, -0.1) is 0 Å². The van der Waals surface area contributed by atoms with Gasteiger partial charge in [-0.2, -0.15) is 0 Å². The second-order valence-corrected chi connectivity index (χ2v) is 3.67. The van der Waals surface area contributed by atoms with Gasteiger partial charge in [-0.3, -0.25) is 0 Å². The number of likely N-dealkylation sites (N-methyl/N-ethyl adjacent to an activating group) is 1. The summed E-state index contributed by atoms with van der Waals surface area (Å²) >= 11 is 3.24. The molecule has 1 aromatic heterocycles. The van der Waals surface area contributed by atoms with Crippen LogP contribution >= 0.6 is 15.9 Å². The van der Waals surface area contributed by atoms with Crippen LogP contribution < -0.4 is 5.32 Å². The van der Waals surface area contributed by atoms with E-state index in [1.807, 2.05) is 26.1 Å². The van der Waals surface area contributed by atoms with E-state index in [1.54, 1.807) is 0 Å². The number of furan rings is 1. The smallest absolute Gasteiger partial charge is 0.169 e. The van der Waals surface area contributed by atoms with Crippen LogP contribution in [-0.4, -0.2) is 19.7 Å². The van der Waals surface area contributed by atoms with E-state index >= 15 is 0 Å². The van der Waals surface area contributed by atoms with Crippen molar-refractivity contribution in [1.82, 2.24) is 5.32 Å². The highest BCUT2D eigenvalue weighted by atomic mass is 79.9. The molecular formula is C9H14BrNO2. The summed E-state index contributed by atoms with van der Waals surface area (Å²) in [6, 6.07) is 3.76.